The quantitative estimate of drug-likeness (QED) is 0.761. The highest BCUT2D eigenvalue weighted by Crippen LogP contribution is 2.15. The van der Waals surface area contributed by atoms with E-state index in [-0.39, 0.29) is 11.4 Å². The van der Waals surface area contributed by atoms with Crippen LogP contribution in [0.3, 0.4) is 0 Å². The van der Waals surface area contributed by atoms with E-state index in [2.05, 4.69) is 14.9 Å². The molecule has 0 aliphatic carbocycles. The molecule has 1 aromatic carbocycles. The first-order valence-corrected chi connectivity index (χ1v) is 6.82. The van der Waals surface area contributed by atoms with E-state index in [9.17, 15) is 8.42 Å². The first-order valence-electron chi connectivity index (χ1n) is 5.34. The van der Waals surface area contributed by atoms with E-state index in [1.807, 2.05) is 0 Å². The van der Waals surface area contributed by atoms with Gasteiger partial charge < -0.3 is 5.73 Å². The Kier molecular flexibility index (Phi) is 3.35. The summed E-state index contributed by atoms with van der Waals surface area (Å²) < 4.78 is 26.6. The summed E-state index contributed by atoms with van der Waals surface area (Å²) in [7, 11) is -3.53. The van der Waals surface area contributed by atoms with Crippen LogP contribution in [-0.4, -0.2) is 18.6 Å². The number of hydrogen-bond donors (Lipinski definition) is 3. The molecule has 0 spiro atoms. The maximum absolute atomic E-state index is 12.1. The van der Waals surface area contributed by atoms with Gasteiger partial charge in [0.05, 0.1) is 11.1 Å². The van der Waals surface area contributed by atoms with Crippen LogP contribution in [0, 0.1) is 6.92 Å². The Morgan fingerprint density at radius 1 is 1.39 bits per heavy atom. The lowest BCUT2D eigenvalue weighted by atomic mass is 10.2. The number of benzene rings is 1. The Morgan fingerprint density at radius 2 is 2.11 bits per heavy atom. The van der Waals surface area contributed by atoms with Crippen molar-refractivity contribution in [2.45, 2.75) is 18.4 Å². The zero-order valence-corrected chi connectivity index (χ0v) is 10.7. The monoisotopic (exact) mass is 266 g/mol. The van der Waals surface area contributed by atoms with Crippen molar-refractivity contribution in [1.82, 2.24) is 14.9 Å². The highest BCUT2D eigenvalue weighted by atomic mass is 32.2. The Hall–Kier alpha value is -1.86. The molecule has 1 aromatic heterocycles. The average molecular weight is 266 g/mol. The van der Waals surface area contributed by atoms with Crippen molar-refractivity contribution in [1.29, 1.82) is 0 Å². The van der Waals surface area contributed by atoms with Gasteiger partial charge in [-0.3, -0.25) is 5.10 Å². The lowest BCUT2D eigenvalue weighted by Gasteiger charge is -2.08. The van der Waals surface area contributed by atoms with Crippen LogP contribution in [0.15, 0.2) is 35.4 Å². The lowest BCUT2D eigenvalue weighted by Crippen LogP contribution is -2.24. The number of aryl methyl sites for hydroxylation is 1. The van der Waals surface area contributed by atoms with Crippen LogP contribution in [0.5, 0.6) is 0 Å². The lowest BCUT2D eigenvalue weighted by molar-refractivity contribution is 0.581. The fourth-order valence-electron chi connectivity index (χ4n) is 1.57. The number of nitrogens with one attached hydrogen (secondary N) is 2. The molecule has 2 aromatic rings. The molecule has 4 N–H and O–H groups in total. The molecule has 0 aliphatic heterocycles. The number of aromatic nitrogens is 2. The van der Waals surface area contributed by atoms with E-state index in [4.69, 9.17) is 5.73 Å². The summed E-state index contributed by atoms with van der Waals surface area (Å²) in [6, 6.07) is 6.80. The normalized spacial score (nSPS) is 11.6. The Morgan fingerprint density at radius 3 is 2.72 bits per heavy atom. The topological polar surface area (TPSA) is 101 Å². The summed E-state index contributed by atoms with van der Waals surface area (Å²) in [5.41, 5.74) is 6.90. The summed E-state index contributed by atoms with van der Waals surface area (Å²) in [6.07, 6.45) is 1.50. The molecule has 0 atom stereocenters. The van der Waals surface area contributed by atoms with Gasteiger partial charge in [0.1, 0.15) is 5.82 Å². The Bertz CT molecular complexity index is 649. The second-order valence-electron chi connectivity index (χ2n) is 3.90. The molecule has 0 saturated heterocycles. The SMILES string of the molecule is Cc1ccccc1S(=O)(=O)NCc1cn[nH]c1N. The summed E-state index contributed by atoms with van der Waals surface area (Å²) in [6.45, 7) is 1.86. The van der Waals surface area contributed by atoms with Crippen molar-refractivity contribution in [3.05, 3.63) is 41.6 Å². The fourth-order valence-corrected chi connectivity index (χ4v) is 2.82. The third-order valence-corrected chi connectivity index (χ3v) is 4.15. The van der Waals surface area contributed by atoms with Crippen LogP contribution < -0.4 is 10.5 Å². The van der Waals surface area contributed by atoms with Crippen LogP contribution >= 0.6 is 0 Å². The summed E-state index contributed by atoms with van der Waals surface area (Å²) in [5.74, 6) is 0.363. The predicted molar refractivity (Wildman–Crippen MR) is 68.2 cm³/mol. The highest BCUT2D eigenvalue weighted by Gasteiger charge is 2.16. The zero-order chi connectivity index (χ0) is 13.2. The molecule has 0 saturated carbocycles. The van der Waals surface area contributed by atoms with Gasteiger partial charge in [0.25, 0.3) is 0 Å². The number of sulfonamides is 1. The molecule has 0 bridgehead atoms. The van der Waals surface area contributed by atoms with Gasteiger partial charge in [-0.2, -0.15) is 5.10 Å². The number of nitrogen functional groups attached to an aromatic ring is 1. The molecule has 6 nitrogen and oxygen atoms in total. The third-order valence-electron chi connectivity index (χ3n) is 2.59. The van der Waals surface area contributed by atoms with Crippen molar-refractivity contribution >= 4 is 15.8 Å². The molecule has 7 heteroatoms. The molecule has 0 aliphatic rings. The molecular formula is C11H14N4O2S. The maximum atomic E-state index is 12.1. The van der Waals surface area contributed by atoms with Gasteiger partial charge >= 0.3 is 0 Å². The maximum Gasteiger partial charge on any atom is 0.241 e. The first-order chi connectivity index (χ1) is 8.50. The van der Waals surface area contributed by atoms with E-state index >= 15 is 0 Å². The van der Waals surface area contributed by atoms with Gasteiger partial charge in [0.15, 0.2) is 0 Å². The van der Waals surface area contributed by atoms with Crippen LogP contribution in [0.25, 0.3) is 0 Å². The van der Waals surface area contributed by atoms with E-state index in [1.165, 1.54) is 6.20 Å². The van der Waals surface area contributed by atoms with Crippen molar-refractivity contribution in [2.24, 2.45) is 0 Å². The van der Waals surface area contributed by atoms with Gasteiger partial charge in [-0.1, -0.05) is 18.2 Å². The molecule has 2 rings (SSSR count). The number of anilines is 1. The number of hydrogen-bond acceptors (Lipinski definition) is 4. The van der Waals surface area contributed by atoms with Gasteiger partial charge in [-0.05, 0) is 18.6 Å². The molecule has 0 fully saturated rings. The molecule has 0 radical (unpaired) electrons. The van der Waals surface area contributed by atoms with Gasteiger partial charge in [-0.15, -0.1) is 0 Å². The van der Waals surface area contributed by atoms with E-state index in [1.54, 1.807) is 31.2 Å². The number of rotatable bonds is 4. The van der Waals surface area contributed by atoms with Gasteiger partial charge in [-0.25, -0.2) is 13.1 Å². The van der Waals surface area contributed by atoms with Crippen molar-refractivity contribution in [3.8, 4) is 0 Å². The minimum atomic E-state index is -3.53. The van der Waals surface area contributed by atoms with E-state index in [0.29, 0.717) is 16.9 Å². The third kappa shape index (κ3) is 2.52. The molecule has 0 amide bonds. The van der Waals surface area contributed by atoms with Crippen LogP contribution in [0.1, 0.15) is 11.1 Å². The standard InChI is InChI=1S/C11H14N4O2S/c1-8-4-2-3-5-10(8)18(16,17)14-7-9-6-13-15-11(9)12/h2-6,14H,7H2,1H3,(H3,12,13,15). The predicted octanol–water partition coefficient (Wildman–Crippen LogP) is 0.779. The number of aromatic amines is 1. The zero-order valence-electron chi connectivity index (χ0n) is 9.84. The first kappa shape index (κ1) is 12.6. The van der Waals surface area contributed by atoms with Crippen molar-refractivity contribution in [2.75, 3.05) is 5.73 Å². The molecular weight excluding hydrogens is 252 g/mol. The molecule has 1 heterocycles. The summed E-state index contributed by atoms with van der Waals surface area (Å²) in [4.78, 5) is 0.270. The Balaban J connectivity index is 2.19. The molecule has 18 heavy (non-hydrogen) atoms. The smallest absolute Gasteiger partial charge is 0.241 e. The van der Waals surface area contributed by atoms with E-state index < -0.39 is 10.0 Å². The second kappa shape index (κ2) is 4.79. The van der Waals surface area contributed by atoms with Crippen molar-refractivity contribution in [3.63, 3.8) is 0 Å². The van der Waals surface area contributed by atoms with Crippen molar-refractivity contribution < 1.29 is 8.42 Å². The minimum Gasteiger partial charge on any atom is -0.384 e. The number of H-pyrrole nitrogens is 1. The van der Waals surface area contributed by atoms with Crippen LogP contribution in [0.4, 0.5) is 5.82 Å². The Labute approximate surface area is 105 Å². The average Bonchev–Trinajstić information content (AvgIpc) is 2.73. The number of nitrogens with two attached hydrogens (primary N) is 1. The van der Waals surface area contributed by atoms with E-state index in [0.717, 1.165) is 0 Å². The second-order valence-corrected chi connectivity index (χ2v) is 5.63. The number of nitrogens with zero attached hydrogens (tertiary/aromatic N) is 1. The minimum absolute atomic E-state index is 0.110. The fraction of sp³-hybridized carbons (Fsp3) is 0.182. The van der Waals surface area contributed by atoms with Crippen LogP contribution in [-0.2, 0) is 16.6 Å². The largest absolute Gasteiger partial charge is 0.384 e. The van der Waals surface area contributed by atoms with Crippen LogP contribution in [0.2, 0.25) is 0 Å². The molecule has 0 unspecified atom stereocenters. The highest BCUT2D eigenvalue weighted by molar-refractivity contribution is 7.89. The van der Waals surface area contributed by atoms with Gasteiger partial charge in [0, 0.05) is 12.1 Å². The summed E-state index contributed by atoms with van der Waals surface area (Å²) >= 11 is 0. The van der Waals surface area contributed by atoms with Gasteiger partial charge in [0.2, 0.25) is 10.0 Å². The summed E-state index contributed by atoms with van der Waals surface area (Å²) in [5, 5.41) is 6.28. The molecule has 96 valence electrons.